The molecule has 148 valence electrons. The van der Waals surface area contributed by atoms with Gasteiger partial charge in [0.25, 0.3) is 5.91 Å². The molecule has 0 radical (unpaired) electrons. The van der Waals surface area contributed by atoms with Crippen LogP contribution < -0.4 is 4.80 Å². The molecule has 0 unspecified atom stereocenters. The molecule has 1 amide bonds. The fourth-order valence-corrected chi connectivity index (χ4v) is 6.16. The monoisotopic (exact) mass is 481 g/mol. The van der Waals surface area contributed by atoms with E-state index in [-0.39, 0.29) is 4.90 Å². The van der Waals surface area contributed by atoms with Crippen molar-refractivity contribution in [1.29, 1.82) is 0 Å². The second-order valence-electron chi connectivity index (χ2n) is 6.06. The fourth-order valence-electron chi connectivity index (χ4n) is 2.90. The van der Waals surface area contributed by atoms with Crippen LogP contribution in [0.15, 0.2) is 56.8 Å². The Hall–Kier alpha value is -1.81. The van der Waals surface area contributed by atoms with Gasteiger partial charge in [-0.1, -0.05) is 31.3 Å². The summed E-state index contributed by atoms with van der Waals surface area (Å²) < 4.78 is 30.3. The van der Waals surface area contributed by atoms with Gasteiger partial charge in [0.2, 0.25) is 10.0 Å². The van der Waals surface area contributed by atoms with Crippen molar-refractivity contribution in [3.05, 3.63) is 57.3 Å². The summed E-state index contributed by atoms with van der Waals surface area (Å²) in [4.78, 5) is 17.6. The lowest BCUT2D eigenvalue weighted by Gasteiger charge is -2.18. The lowest BCUT2D eigenvalue weighted by Crippen LogP contribution is -2.30. The Balaban J connectivity index is 1.96. The smallest absolute Gasteiger partial charge is 0.279 e. The van der Waals surface area contributed by atoms with E-state index in [1.54, 1.807) is 13.8 Å². The molecule has 9 heteroatoms. The Labute approximate surface area is 176 Å². The first-order chi connectivity index (χ1) is 13.3. The van der Waals surface area contributed by atoms with Crippen LogP contribution in [0, 0.1) is 0 Å². The van der Waals surface area contributed by atoms with E-state index in [9.17, 15) is 13.2 Å². The molecule has 3 aromatic rings. The van der Waals surface area contributed by atoms with Gasteiger partial charge >= 0.3 is 0 Å². The lowest BCUT2D eigenvalue weighted by molar-refractivity contribution is 0.0998. The first-order valence-corrected chi connectivity index (χ1v) is 11.8. The minimum absolute atomic E-state index is 0.170. The first-order valence-electron chi connectivity index (χ1n) is 8.73. The van der Waals surface area contributed by atoms with Gasteiger partial charge in [-0.2, -0.15) is 9.30 Å². The minimum Gasteiger partial charge on any atom is -0.318 e. The molecule has 0 atom stereocenters. The number of benzene rings is 2. The highest BCUT2D eigenvalue weighted by Crippen LogP contribution is 2.25. The van der Waals surface area contributed by atoms with Crippen molar-refractivity contribution < 1.29 is 13.2 Å². The van der Waals surface area contributed by atoms with Gasteiger partial charge < -0.3 is 4.57 Å². The second kappa shape index (κ2) is 8.28. The van der Waals surface area contributed by atoms with Crippen LogP contribution in [0.4, 0.5) is 0 Å². The maximum absolute atomic E-state index is 12.6. The van der Waals surface area contributed by atoms with Crippen LogP contribution in [0.2, 0.25) is 0 Å². The Morgan fingerprint density at radius 1 is 1.14 bits per heavy atom. The van der Waals surface area contributed by atoms with Gasteiger partial charge in [0.15, 0.2) is 4.80 Å². The summed E-state index contributed by atoms with van der Waals surface area (Å²) in [6.45, 7) is 4.38. The summed E-state index contributed by atoms with van der Waals surface area (Å²) in [6.07, 6.45) is 0. The van der Waals surface area contributed by atoms with Gasteiger partial charge in [-0.15, -0.1) is 0 Å². The molecular weight excluding hydrogens is 462 g/mol. The maximum Gasteiger partial charge on any atom is 0.279 e. The molecule has 0 saturated heterocycles. The van der Waals surface area contributed by atoms with Gasteiger partial charge in [0, 0.05) is 30.2 Å². The number of nitrogens with zero attached hydrogens (tertiary/aromatic N) is 3. The van der Waals surface area contributed by atoms with E-state index in [2.05, 4.69) is 20.9 Å². The highest BCUT2D eigenvalue weighted by Gasteiger charge is 2.21. The van der Waals surface area contributed by atoms with E-state index in [0.29, 0.717) is 23.5 Å². The highest BCUT2D eigenvalue weighted by atomic mass is 79.9. The molecule has 1 heterocycles. The molecule has 0 spiro atoms. The third kappa shape index (κ3) is 3.84. The summed E-state index contributed by atoms with van der Waals surface area (Å²) in [7, 11) is -1.69. The van der Waals surface area contributed by atoms with Gasteiger partial charge in [-0.05, 0) is 52.3 Å². The largest absolute Gasteiger partial charge is 0.318 e. The van der Waals surface area contributed by atoms with Crippen LogP contribution in [0.3, 0.4) is 0 Å². The number of sulfonamides is 1. The SMILES string of the molecule is CCN(CC)S(=O)(=O)c1ccc(C(=O)N=c2sc3cccc(Br)c3n2C)cc1. The molecule has 6 nitrogen and oxygen atoms in total. The molecule has 1 aromatic heterocycles. The summed E-state index contributed by atoms with van der Waals surface area (Å²) in [5, 5.41) is 0. The van der Waals surface area contributed by atoms with Gasteiger partial charge in [0.05, 0.1) is 15.1 Å². The third-order valence-corrected chi connectivity index (χ3v) is 8.22. The van der Waals surface area contributed by atoms with Gasteiger partial charge in [-0.25, -0.2) is 8.42 Å². The van der Waals surface area contributed by atoms with Gasteiger partial charge in [0.1, 0.15) is 0 Å². The van der Waals surface area contributed by atoms with Crippen LogP contribution in [0.5, 0.6) is 0 Å². The number of halogens is 1. The number of hydrogen-bond donors (Lipinski definition) is 0. The Kier molecular flexibility index (Phi) is 6.18. The predicted molar refractivity (Wildman–Crippen MR) is 115 cm³/mol. The zero-order valence-electron chi connectivity index (χ0n) is 15.7. The lowest BCUT2D eigenvalue weighted by atomic mass is 10.2. The Bertz CT molecular complexity index is 1190. The molecule has 2 aromatic carbocycles. The zero-order valence-corrected chi connectivity index (χ0v) is 18.9. The molecule has 0 saturated carbocycles. The minimum atomic E-state index is -3.55. The summed E-state index contributed by atoms with van der Waals surface area (Å²) >= 11 is 4.94. The van der Waals surface area contributed by atoms with E-state index in [0.717, 1.165) is 14.7 Å². The Morgan fingerprint density at radius 3 is 2.36 bits per heavy atom. The van der Waals surface area contributed by atoms with Gasteiger partial charge in [-0.3, -0.25) is 4.79 Å². The number of para-hydroxylation sites is 1. The van der Waals surface area contributed by atoms with Crippen LogP contribution in [-0.4, -0.2) is 36.3 Å². The summed E-state index contributed by atoms with van der Waals surface area (Å²) in [6, 6.07) is 11.8. The summed E-state index contributed by atoms with van der Waals surface area (Å²) in [5.74, 6) is -0.412. The van der Waals surface area contributed by atoms with Crippen molar-refractivity contribution in [3.8, 4) is 0 Å². The average molecular weight is 482 g/mol. The number of carbonyl (C=O) groups is 1. The highest BCUT2D eigenvalue weighted by molar-refractivity contribution is 9.10. The van der Waals surface area contributed by atoms with Crippen molar-refractivity contribution in [2.24, 2.45) is 12.0 Å². The number of carbonyl (C=O) groups excluding carboxylic acids is 1. The normalized spacial score (nSPS) is 12.8. The number of fused-ring (bicyclic) bond motifs is 1. The topological polar surface area (TPSA) is 71.7 Å². The van der Waals surface area contributed by atoms with Crippen LogP contribution >= 0.6 is 27.3 Å². The summed E-state index contributed by atoms with van der Waals surface area (Å²) in [5.41, 5.74) is 1.31. The van der Waals surface area contributed by atoms with E-state index in [4.69, 9.17) is 0 Å². The predicted octanol–water partition coefficient (Wildman–Crippen LogP) is 3.77. The second-order valence-corrected chi connectivity index (χ2v) is 9.86. The molecule has 0 bridgehead atoms. The quantitative estimate of drug-likeness (QED) is 0.556. The van der Waals surface area contributed by atoms with Crippen LogP contribution in [0.25, 0.3) is 10.2 Å². The van der Waals surface area contributed by atoms with E-state index in [1.165, 1.54) is 39.9 Å². The van der Waals surface area contributed by atoms with Crippen molar-refractivity contribution >= 4 is 53.4 Å². The Morgan fingerprint density at radius 2 is 1.79 bits per heavy atom. The van der Waals surface area contributed by atoms with Crippen LogP contribution in [0.1, 0.15) is 24.2 Å². The average Bonchev–Trinajstić information content (AvgIpc) is 2.99. The molecule has 0 aliphatic heterocycles. The van der Waals surface area contributed by atoms with Crippen molar-refractivity contribution in [1.82, 2.24) is 8.87 Å². The van der Waals surface area contributed by atoms with Crippen molar-refractivity contribution in [2.45, 2.75) is 18.7 Å². The molecule has 0 aliphatic rings. The first kappa shape index (κ1) is 20.9. The number of hydrogen-bond acceptors (Lipinski definition) is 4. The van der Waals surface area contributed by atoms with Crippen LogP contribution in [-0.2, 0) is 17.1 Å². The van der Waals surface area contributed by atoms with Crippen molar-refractivity contribution in [2.75, 3.05) is 13.1 Å². The molecule has 3 rings (SSSR count). The molecule has 0 aliphatic carbocycles. The maximum atomic E-state index is 12.6. The molecular formula is C19H20BrN3O3S2. The number of thiazole rings is 1. The van der Waals surface area contributed by atoms with E-state index >= 15 is 0 Å². The van der Waals surface area contributed by atoms with Crippen molar-refractivity contribution in [3.63, 3.8) is 0 Å². The fraction of sp³-hybridized carbons (Fsp3) is 0.263. The molecule has 0 N–H and O–H groups in total. The number of aryl methyl sites for hydroxylation is 1. The van der Waals surface area contributed by atoms with E-state index < -0.39 is 15.9 Å². The standard InChI is InChI=1S/C19H20BrN3O3S2/c1-4-23(5-2)28(25,26)14-11-9-13(10-12-14)18(24)21-19-22(3)17-15(20)7-6-8-16(17)27-19/h6-12H,4-5H2,1-3H3. The zero-order chi connectivity index (χ0) is 20.5. The third-order valence-electron chi connectivity index (χ3n) is 4.41. The number of rotatable bonds is 5. The molecule has 28 heavy (non-hydrogen) atoms. The van der Waals surface area contributed by atoms with E-state index in [1.807, 2.05) is 29.8 Å². The number of aromatic nitrogens is 1. The molecule has 0 fully saturated rings. The number of amides is 1.